The molecule has 0 N–H and O–H groups in total. The molecular weight excluding hydrogens is 372 g/mol. The van der Waals surface area contributed by atoms with Crippen molar-refractivity contribution in [1.82, 2.24) is 0 Å². The molecule has 1 aliphatic rings. The smallest absolute Gasteiger partial charge is 0.321 e. The minimum absolute atomic E-state index is 0.151. The van der Waals surface area contributed by atoms with Gasteiger partial charge in [0.2, 0.25) is 0 Å². The fraction of sp³-hybridized carbons (Fsp3) is 0.923. The number of likely N-dealkylation sites (tertiary alicyclic amines) is 1. The molecule has 0 aromatic heterocycles. The summed E-state index contributed by atoms with van der Waals surface area (Å²) in [4.78, 5) is 25.1. The standard InChI is InChI=1S/C26H52N2O2/c1-5-6-7-8-9-10-11-12-13-14-15-16-17-18-23-28(24-19-22-27(2,3)4)25(29)20-21-26(28)30/h5-24H2,1-4H3/q+2. The van der Waals surface area contributed by atoms with E-state index in [4.69, 9.17) is 0 Å². The average Bonchev–Trinajstić information content (AvgIpc) is 2.96. The van der Waals surface area contributed by atoms with E-state index >= 15 is 0 Å². The van der Waals surface area contributed by atoms with Crippen molar-refractivity contribution in [3.8, 4) is 0 Å². The maximum atomic E-state index is 12.6. The molecule has 0 atom stereocenters. The summed E-state index contributed by atoms with van der Waals surface area (Å²) < 4.78 is 1.04. The third-order valence-electron chi connectivity index (χ3n) is 6.77. The van der Waals surface area contributed by atoms with Crippen LogP contribution < -0.4 is 0 Å². The molecule has 0 aromatic carbocycles. The third kappa shape index (κ3) is 11.0. The van der Waals surface area contributed by atoms with E-state index in [1.54, 1.807) is 0 Å². The van der Waals surface area contributed by atoms with Crippen LogP contribution in [-0.4, -0.2) is 61.6 Å². The van der Waals surface area contributed by atoms with Crippen LogP contribution in [0.2, 0.25) is 0 Å². The number of nitrogens with zero attached hydrogens (tertiary/aromatic N) is 2. The van der Waals surface area contributed by atoms with Gasteiger partial charge in [-0.2, -0.15) is 4.48 Å². The first-order valence-electron chi connectivity index (χ1n) is 13.1. The second kappa shape index (κ2) is 15.1. The van der Waals surface area contributed by atoms with Gasteiger partial charge in [-0.1, -0.05) is 84.0 Å². The van der Waals surface area contributed by atoms with Gasteiger partial charge in [-0.25, -0.2) is 9.59 Å². The quantitative estimate of drug-likeness (QED) is 0.140. The largest absolute Gasteiger partial charge is 0.331 e. The lowest BCUT2D eigenvalue weighted by atomic mass is 10.0. The van der Waals surface area contributed by atoms with E-state index in [-0.39, 0.29) is 16.3 Å². The number of quaternary nitrogens is 2. The normalized spacial score (nSPS) is 16.5. The van der Waals surface area contributed by atoms with Gasteiger partial charge in [0, 0.05) is 6.42 Å². The zero-order valence-electron chi connectivity index (χ0n) is 20.9. The van der Waals surface area contributed by atoms with E-state index in [0.717, 1.165) is 36.8 Å². The lowest BCUT2D eigenvalue weighted by Gasteiger charge is -2.31. The number of rotatable bonds is 19. The molecule has 2 amide bonds. The summed E-state index contributed by atoms with van der Waals surface area (Å²) >= 11 is 0. The molecular formula is C26H52N2O2+2. The SMILES string of the molecule is CCCCCCCCCCCCCCCC[N+]1(CCC[N+](C)(C)C)C(=O)CCC1=O. The van der Waals surface area contributed by atoms with Gasteiger partial charge in [-0.15, -0.1) is 0 Å². The maximum Gasteiger partial charge on any atom is 0.321 e. The fourth-order valence-corrected chi connectivity index (χ4v) is 4.78. The number of imide groups is 1. The van der Waals surface area contributed by atoms with Gasteiger partial charge in [0.1, 0.15) is 0 Å². The highest BCUT2D eigenvalue weighted by molar-refractivity contribution is 5.91. The Labute approximate surface area is 187 Å². The summed E-state index contributed by atoms with van der Waals surface area (Å²) in [5.74, 6) is 0.354. The van der Waals surface area contributed by atoms with E-state index < -0.39 is 0 Å². The van der Waals surface area contributed by atoms with Crippen molar-refractivity contribution in [3.05, 3.63) is 0 Å². The number of hydrogen-bond donors (Lipinski definition) is 0. The average molecular weight is 425 g/mol. The van der Waals surface area contributed by atoms with Crippen molar-refractivity contribution in [2.45, 2.75) is 116 Å². The van der Waals surface area contributed by atoms with Gasteiger partial charge in [-0.05, 0) is 12.8 Å². The van der Waals surface area contributed by atoms with E-state index in [0.29, 0.717) is 19.4 Å². The van der Waals surface area contributed by atoms with Crippen LogP contribution in [0.3, 0.4) is 0 Å². The Kier molecular flexibility index (Phi) is 13.8. The van der Waals surface area contributed by atoms with Gasteiger partial charge in [0.15, 0.2) is 0 Å². The molecule has 176 valence electrons. The summed E-state index contributed by atoms with van der Waals surface area (Å²) in [6.07, 6.45) is 20.5. The molecule has 0 radical (unpaired) electrons. The first-order valence-corrected chi connectivity index (χ1v) is 13.1. The highest BCUT2D eigenvalue weighted by Gasteiger charge is 2.48. The molecule has 4 heteroatoms. The second-order valence-corrected chi connectivity index (χ2v) is 10.7. The number of unbranched alkanes of at least 4 members (excludes halogenated alkanes) is 13. The Balaban J connectivity index is 2.11. The molecule has 0 aromatic rings. The van der Waals surface area contributed by atoms with Gasteiger partial charge >= 0.3 is 11.8 Å². The van der Waals surface area contributed by atoms with Gasteiger partial charge < -0.3 is 4.48 Å². The molecule has 0 spiro atoms. The second-order valence-electron chi connectivity index (χ2n) is 10.7. The van der Waals surface area contributed by atoms with Crippen LogP contribution >= 0.6 is 0 Å². The van der Waals surface area contributed by atoms with Crippen LogP contribution in [0, 0.1) is 0 Å². The summed E-state index contributed by atoms with van der Waals surface area (Å²) in [7, 11) is 6.52. The van der Waals surface area contributed by atoms with E-state index in [1.165, 1.54) is 77.0 Å². The predicted octanol–water partition coefficient (Wildman–Crippen LogP) is 6.23. The first kappa shape index (κ1) is 27.3. The Morgan fingerprint density at radius 3 is 1.37 bits per heavy atom. The van der Waals surface area contributed by atoms with Crippen LogP contribution in [0.5, 0.6) is 0 Å². The van der Waals surface area contributed by atoms with Gasteiger partial charge in [-0.3, -0.25) is 0 Å². The molecule has 30 heavy (non-hydrogen) atoms. The predicted molar refractivity (Wildman–Crippen MR) is 127 cm³/mol. The fourth-order valence-electron chi connectivity index (χ4n) is 4.78. The van der Waals surface area contributed by atoms with Crippen LogP contribution in [0.4, 0.5) is 0 Å². The summed E-state index contributed by atoms with van der Waals surface area (Å²) in [5, 5.41) is 0. The van der Waals surface area contributed by atoms with Gasteiger partial charge in [0.25, 0.3) is 0 Å². The highest BCUT2D eigenvalue weighted by Crippen LogP contribution is 2.25. The van der Waals surface area contributed by atoms with Crippen molar-refractivity contribution in [3.63, 3.8) is 0 Å². The number of carbonyl (C=O) groups is 2. The lowest BCUT2D eigenvalue weighted by molar-refractivity contribution is -0.874. The molecule has 1 heterocycles. The Bertz CT molecular complexity index is 466. The molecule has 0 unspecified atom stereocenters. The Morgan fingerprint density at radius 1 is 0.600 bits per heavy atom. The van der Waals surface area contributed by atoms with E-state index in [9.17, 15) is 9.59 Å². The summed E-state index contributed by atoms with van der Waals surface area (Å²) in [5.41, 5.74) is 0. The number of amides is 2. The van der Waals surface area contributed by atoms with Gasteiger partial charge in [0.05, 0.1) is 53.6 Å². The molecule has 0 bridgehead atoms. The lowest BCUT2D eigenvalue weighted by Crippen LogP contribution is -2.54. The van der Waals surface area contributed by atoms with Crippen LogP contribution in [0.15, 0.2) is 0 Å². The zero-order chi connectivity index (χ0) is 22.3. The number of hydrogen-bond acceptors (Lipinski definition) is 2. The monoisotopic (exact) mass is 424 g/mol. The first-order chi connectivity index (χ1) is 14.3. The van der Waals surface area contributed by atoms with Crippen molar-refractivity contribution in [2.75, 3.05) is 40.8 Å². The summed E-state index contributed by atoms with van der Waals surface area (Å²) in [6.45, 7) is 4.75. The Hall–Kier alpha value is -0.740. The molecule has 1 aliphatic heterocycles. The molecule has 4 nitrogen and oxygen atoms in total. The van der Waals surface area contributed by atoms with E-state index in [2.05, 4.69) is 28.1 Å². The van der Waals surface area contributed by atoms with Crippen LogP contribution in [0.1, 0.15) is 116 Å². The molecule has 0 aliphatic carbocycles. The van der Waals surface area contributed by atoms with Crippen LogP contribution in [0.25, 0.3) is 0 Å². The number of carbonyl (C=O) groups excluding carboxylic acids is 2. The van der Waals surface area contributed by atoms with Crippen molar-refractivity contribution >= 4 is 11.8 Å². The van der Waals surface area contributed by atoms with Crippen molar-refractivity contribution in [1.29, 1.82) is 0 Å². The van der Waals surface area contributed by atoms with Crippen molar-refractivity contribution in [2.24, 2.45) is 0 Å². The third-order valence-corrected chi connectivity index (χ3v) is 6.77. The Morgan fingerprint density at radius 2 is 0.967 bits per heavy atom. The molecule has 1 rings (SSSR count). The summed E-state index contributed by atoms with van der Waals surface area (Å²) in [6, 6.07) is 0. The van der Waals surface area contributed by atoms with Crippen molar-refractivity contribution < 1.29 is 18.6 Å². The van der Waals surface area contributed by atoms with Crippen LogP contribution in [-0.2, 0) is 9.59 Å². The molecule has 1 saturated heterocycles. The maximum absolute atomic E-state index is 12.6. The minimum Gasteiger partial charge on any atom is -0.331 e. The zero-order valence-corrected chi connectivity index (χ0v) is 20.9. The molecule has 1 fully saturated rings. The minimum atomic E-state index is 0.151. The van der Waals surface area contributed by atoms with E-state index in [1.807, 2.05) is 0 Å². The highest BCUT2D eigenvalue weighted by atomic mass is 16.2. The molecule has 0 saturated carbocycles. The topological polar surface area (TPSA) is 34.1 Å².